The zero-order valence-corrected chi connectivity index (χ0v) is 11.6. The third-order valence-electron chi connectivity index (χ3n) is 3.40. The molecule has 0 amide bonds. The Labute approximate surface area is 106 Å². The van der Waals surface area contributed by atoms with Gasteiger partial charge < -0.3 is 4.90 Å². The first-order valence-electron chi connectivity index (χ1n) is 5.83. The molecule has 1 aliphatic rings. The molecule has 0 saturated carbocycles. The first-order valence-corrected chi connectivity index (χ1v) is 6.62. The molecule has 1 heterocycles. The highest BCUT2D eigenvalue weighted by Gasteiger charge is 2.20. The summed E-state index contributed by atoms with van der Waals surface area (Å²) in [6.07, 6.45) is 0. The van der Waals surface area contributed by atoms with Crippen molar-refractivity contribution in [2.45, 2.75) is 19.5 Å². The molecule has 0 N–H and O–H groups in total. The van der Waals surface area contributed by atoms with Crippen LogP contribution in [0.15, 0.2) is 28.7 Å². The van der Waals surface area contributed by atoms with Crippen molar-refractivity contribution in [1.29, 1.82) is 0 Å². The molecule has 88 valence electrons. The van der Waals surface area contributed by atoms with Crippen molar-refractivity contribution in [3.63, 3.8) is 0 Å². The number of hydrogen-bond acceptors (Lipinski definition) is 2. The lowest BCUT2D eigenvalue weighted by atomic mass is 10.1. The highest BCUT2D eigenvalue weighted by atomic mass is 79.9. The molecule has 0 radical (unpaired) electrons. The summed E-state index contributed by atoms with van der Waals surface area (Å²) in [6.45, 7) is 6.86. The minimum Gasteiger partial charge on any atom is -0.301 e. The fourth-order valence-electron chi connectivity index (χ4n) is 2.14. The van der Waals surface area contributed by atoms with Gasteiger partial charge in [-0.25, -0.2) is 0 Å². The smallest absolute Gasteiger partial charge is 0.0246 e. The molecule has 1 saturated heterocycles. The Balaban J connectivity index is 1.98. The number of rotatable bonds is 2. The van der Waals surface area contributed by atoms with Gasteiger partial charge in [0.1, 0.15) is 0 Å². The van der Waals surface area contributed by atoms with Crippen LogP contribution in [0.2, 0.25) is 0 Å². The first kappa shape index (κ1) is 12.1. The number of hydrogen-bond donors (Lipinski definition) is 0. The van der Waals surface area contributed by atoms with Crippen LogP contribution in [0.5, 0.6) is 0 Å². The molecule has 0 aliphatic carbocycles. The molecule has 1 unspecified atom stereocenters. The van der Waals surface area contributed by atoms with Gasteiger partial charge >= 0.3 is 0 Å². The number of piperazine rings is 1. The van der Waals surface area contributed by atoms with Gasteiger partial charge in [-0.1, -0.05) is 34.1 Å². The van der Waals surface area contributed by atoms with Gasteiger partial charge in [0.2, 0.25) is 0 Å². The van der Waals surface area contributed by atoms with Crippen LogP contribution in [0, 0.1) is 0 Å². The molecule has 1 aromatic rings. The summed E-state index contributed by atoms with van der Waals surface area (Å²) in [5.41, 5.74) is 1.39. The zero-order valence-electron chi connectivity index (χ0n) is 9.99. The van der Waals surface area contributed by atoms with Crippen molar-refractivity contribution in [2.24, 2.45) is 0 Å². The molecule has 1 fully saturated rings. The summed E-state index contributed by atoms with van der Waals surface area (Å²) < 4.78 is 1.22. The van der Waals surface area contributed by atoms with Gasteiger partial charge in [0, 0.05) is 36.7 Å². The van der Waals surface area contributed by atoms with Crippen LogP contribution in [-0.4, -0.2) is 42.5 Å². The van der Waals surface area contributed by atoms with Crippen LogP contribution in [0.3, 0.4) is 0 Å². The Morgan fingerprint density at radius 1 is 1.31 bits per heavy atom. The van der Waals surface area contributed by atoms with Crippen LogP contribution < -0.4 is 0 Å². The summed E-state index contributed by atoms with van der Waals surface area (Å²) in [4.78, 5) is 4.96. The van der Waals surface area contributed by atoms with Gasteiger partial charge in [-0.2, -0.15) is 0 Å². The lowest BCUT2D eigenvalue weighted by Gasteiger charge is -2.37. The zero-order chi connectivity index (χ0) is 11.5. The van der Waals surface area contributed by atoms with Gasteiger partial charge in [0.15, 0.2) is 0 Å². The molecule has 1 aromatic carbocycles. The number of nitrogens with zero attached hydrogens (tertiary/aromatic N) is 2. The maximum atomic E-state index is 3.61. The largest absolute Gasteiger partial charge is 0.301 e. The lowest BCUT2D eigenvalue weighted by Crippen LogP contribution is -2.49. The second-order valence-electron chi connectivity index (χ2n) is 4.66. The van der Waals surface area contributed by atoms with Gasteiger partial charge in [0.25, 0.3) is 0 Å². The number of benzene rings is 1. The minimum atomic E-state index is 0.663. The van der Waals surface area contributed by atoms with Crippen molar-refractivity contribution in [1.82, 2.24) is 9.80 Å². The minimum absolute atomic E-state index is 0.663. The van der Waals surface area contributed by atoms with E-state index in [1.165, 1.54) is 23.1 Å². The number of halogens is 1. The van der Waals surface area contributed by atoms with E-state index in [2.05, 4.69) is 64.0 Å². The highest BCUT2D eigenvalue weighted by Crippen LogP contribution is 2.19. The summed E-state index contributed by atoms with van der Waals surface area (Å²) >= 11 is 3.61. The summed E-state index contributed by atoms with van der Waals surface area (Å²) in [6, 6.07) is 9.16. The Kier molecular flexibility index (Phi) is 4.00. The highest BCUT2D eigenvalue weighted by molar-refractivity contribution is 9.10. The molecule has 0 spiro atoms. The summed E-state index contributed by atoms with van der Waals surface area (Å²) in [5.74, 6) is 0. The van der Waals surface area contributed by atoms with Crippen LogP contribution in [-0.2, 0) is 6.54 Å². The third-order valence-corrected chi connectivity index (χ3v) is 4.17. The van der Waals surface area contributed by atoms with Gasteiger partial charge in [0.05, 0.1) is 0 Å². The maximum Gasteiger partial charge on any atom is 0.0246 e. The van der Waals surface area contributed by atoms with E-state index in [9.17, 15) is 0 Å². The normalized spacial score (nSPS) is 23.6. The molecule has 0 aromatic heterocycles. The SMILES string of the molecule is CC1CN(Cc2ccccc2Br)CCN1C. The Morgan fingerprint density at radius 3 is 2.75 bits per heavy atom. The molecule has 1 aliphatic heterocycles. The fourth-order valence-corrected chi connectivity index (χ4v) is 2.55. The van der Waals surface area contributed by atoms with E-state index < -0.39 is 0 Å². The van der Waals surface area contributed by atoms with Crippen LogP contribution in [0.1, 0.15) is 12.5 Å². The third kappa shape index (κ3) is 2.84. The van der Waals surface area contributed by atoms with Gasteiger partial charge in [-0.15, -0.1) is 0 Å². The molecular formula is C13H19BrN2. The lowest BCUT2D eigenvalue weighted by molar-refractivity contribution is 0.0998. The molecular weight excluding hydrogens is 264 g/mol. The van der Waals surface area contributed by atoms with Crippen LogP contribution in [0.4, 0.5) is 0 Å². The number of likely N-dealkylation sites (N-methyl/N-ethyl adjacent to an activating group) is 1. The Hall–Kier alpha value is -0.380. The van der Waals surface area contributed by atoms with E-state index in [1.54, 1.807) is 0 Å². The predicted octanol–water partition coefficient (Wildman–Crippen LogP) is 2.59. The van der Waals surface area contributed by atoms with Crippen LogP contribution >= 0.6 is 15.9 Å². The molecule has 1 atom stereocenters. The van der Waals surface area contributed by atoms with E-state index >= 15 is 0 Å². The van der Waals surface area contributed by atoms with E-state index in [1.807, 2.05) is 0 Å². The topological polar surface area (TPSA) is 6.48 Å². The fraction of sp³-hybridized carbons (Fsp3) is 0.538. The molecule has 16 heavy (non-hydrogen) atoms. The second kappa shape index (κ2) is 5.30. The van der Waals surface area contributed by atoms with E-state index in [0.29, 0.717) is 6.04 Å². The quantitative estimate of drug-likeness (QED) is 0.823. The van der Waals surface area contributed by atoms with Crippen molar-refractivity contribution in [3.05, 3.63) is 34.3 Å². The summed E-state index contributed by atoms with van der Waals surface area (Å²) in [7, 11) is 2.21. The van der Waals surface area contributed by atoms with Crippen LogP contribution in [0.25, 0.3) is 0 Å². The van der Waals surface area contributed by atoms with Crippen molar-refractivity contribution in [2.75, 3.05) is 26.7 Å². The molecule has 3 heteroatoms. The standard InChI is InChI=1S/C13H19BrN2/c1-11-9-16(8-7-15(11)2)10-12-5-3-4-6-13(12)14/h3-6,11H,7-10H2,1-2H3. The summed E-state index contributed by atoms with van der Waals surface area (Å²) in [5, 5.41) is 0. The molecule has 0 bridgehead atoms. The van der Waals surface area contributed by atoms with E-state index in [0.717, 1.165) is 13.1 Å². The maximum absolute atomic E-state index is 3.61. The molecule has 2 nitrogen and oxygen atoms in total. The monoisotopic (exact) mass is 282 g/mol. The van der Waals surface area contributed by atoms with Crippen molar-refractivity contribution < 1.29 is 0 Å². The van der Waals surface area contributed by atoms with E-state index in [4.69, 9.17) is 0 Å². The Morgan fingerprint density at radius 2 is 2.06 bits per heavy atom. The molecule has 2 rings (SSSR count). The van der Waals surface area contributed by atoms with E-state index in [-0.39, 0.29) is 0 Å². The van der Waals surface area contributed by atoms with Gasteiger partial charge in [-0.3, -0.25) is 4.90 Å². The predicted molar refractivity (Wildman–Crippen MR) is 71.5 cm³/mol. The van der Waals surface area contributed by atoms with Gasteiger partial charge in [-0.05, 0) is 25.6 Å². The average Bonchev–Trinajstić information content (AvgIpc) is 2.27. The Bertz CT molecular complexity index is 354. The average molecular weight is 283 g/mol. The van der Waals surface area contributed by atoms with Crippen molar-refractivity contribution >= 4 is 15.9 Å². The van der Waals surface area contributed by atoms with Crippen molar-refractivity contribution in [3.8, 4) is 0 Å². The first-order chi connectivity index (χ1) is 7.66. The second-order valence-corrected chi connectivity index (χ2v) is 5.51.